The third kappa shape index (κ3) is 6.39. The highest BCUT2D eigenvalue weighted by Gasteiger charge is 2.12. The maximum absolute atomic E-state index is 12.6. The van der Waals surface area contributed by atoms with Gasteiger partial charge in [0.15, 0.2) is 0 Å². The fourth-order valence-corrected chi connectivity index (χ4v) is 3.45. The maximum atomic E-state index is 12.6. The van der Waals surface area contributed by atoms with Gasteiger partial charge in [-0.1, -0.05) is 44.2 Å². The molecule has 0 spiro atoms. The minimum atomic E-state index is -0.510. The van der Waals surface area contributed by atoms with Crippen molar-refractivity contribution in [3.05, 3.63) is 84.4 Å². The predicted octanol–water partition coefficient (Wildman–Crippen LogP) is 5.33. The second-order valence-electron chi connectivity index (χ2n) is 8.58. The first-order valence-electron chi connectivity index (χ1n) is 11.6. The van der Waals surface area contributed by atoms with Crippen LogP contribution in [0.25, 0.3) is 10.9 Å². The number of aliphatic imine (C=N–C) groups is 1. The molecule has 0 fully saturated rings. The van der Waals surface area contributed by atoms with Crippen LogP contribution in [0.4, 0.5) is 4.79 Å². The molecule has 0 unspecified atom stereocenters. The van der Waals surface area contributed by atoms with Crippen molar-refractivity contribution < 1.29 is 14.3 Å². The Bertz CT molecular complexity index is 1400. The van der Waals surface area contributed by atoms with E-state index in [4.69, 9.17) is 20.6 Å². The van der Waals surface area contributed by atoms with E-state index in [-0.39, 0.29) is 18.2 Å². The zero-order valence-electron chi connectivity index (χ0n) is 20.2. The van der Waals surface area contributed by atoms with Crippen LogP contribution in [0.1, 0.15) is 31.5 Å². The molecule has 0 radical (unpaired) electrons. The van der Waals surface area contributed by atoms with Gasteiger partial charge in [0.25, 0.3) is 0 Å². The largest absolute Gasteiger partial charge is 0.439 e. The number of amides is 1. The molecule has 0 saturated carbocycles. The van der Waals surface area contributed by atoms with Crippen molar-refractivity contribution in [2.75, 3.05) is 0 Å². The molecule has 4 rings (SSSR count). The second-order valence-corrected chi connectivity index (χ2v) is 8.58. The maximum Gasteiger partial charge on any atom is 0.353 e. The standard InChI is InChI=1S/C27H28N6O3/c1-18(2)23(28)14-25(29)32-27(34)33-11-10-20-12-22(8-9-24(20)33)36-26-13-21(30-17-31-26)16-35-15-19-6-4-3-5-7-19/h3-13,17-18,28H,14-16H2,1-2H3,(H2,29,32,34). The number of rotatable bonds is 9. The van der Waals surface area contributed by atoms with Crippen LogP contribution in [0.3, 0.4) is 0 Å². The molecule has 0 bridgehead atoms. The number of aromatic nitrogens is 3. The number of carbonyl (C=O) groups excluding carboxylic acids is 1. The van der Waals surface area contributed by atoms with Crippen molar-refractivity contribution in [2.24, 2.45) is 16.6 Å². The molecule has 2 aromatic heterocycles. The monoisotopic (exact) mass is 484 g/mol. The molecule has 1 amide bonds. The molecule has 9 nitrogen and oxygen atoms in total. The van der Waals surface area contributed by atoms with Gasteiger partial charge in [-0.25, -0.2) is 14.8 Å². The summed E-state index contributed by atoms with van der Waals surface area (Å²) < 4.78 is 13.1. The summed E-state index contributed by atoms with van der Waals surface area (Å²) in [5, 5.41) is 8.71. The van der Waals surface area contributed by atoms with Gasteiger partial charge in [-0.3, -0.25) is 4.57 Å². The zero-order valence-corrected chi connectivity index (χ0v) is 20.2. The molecule has 0 saturated heterocycles. The molecule has 9 heteroatoms. The lowest BCUT2D eigenvalue weighted by molar-refractivity contribution is 0.104. The minimum absolute atomic E-state index is 0.0486. The molecule has 4 aromatic rings. The topological polar surface area (TPSA) is 128 Å². The smallest absolute Gasteiger partial charge is 0.353 e. The van der Waals surface area contributed by atoms with E-state index in [2.05, 4.69) is 15.0 Å². The lowest BCUT2D eigenvalue weighted by Crippen LogP contribution is -2.22. The van der Waals surface area contributed by atoms with E-state index >= 15 is 0 Å². The third-order valence-electron chi connectivity index (χ3n) is 5.46. The van der Waals surface area contributed by atoms with Gasteiger partial charge in [0, 0.05) is 29.8 Å². The summed E-state index contributed by atoms with van der Waals surface area (Å²) >= 11 is 0. The van der Waals surface area contributed by atoms with E-state index in [0.29, 0.717) is 41.8 Å². The SMILES string of the molecule is CC(C)C(=N)CC(N)=NC(=O)n1ccc2cc(Oc3cc(COCc4ccccc4)ncn3)ccc21. The van der Waals surface area contributed by atoms with Gasteiger partial charge in [-0.2, -0.15) is 4.99 Å². The van der Waals surface area contributed by atoms with Crippen LogP contribution in [-0.2, 0) is 18.0 Å². The van der Waals surface area contributed by atoms with Crippen molar-refractivity contribution in [3.63, 3.8) is 0 Å². The minimum Gasteiger partial charge on any atom is -0.439 e. The van der Waals surface area contributed by atoms with Crippen molar-refractivity contribution in [3.8, 4) is 11.6 Å². The van der Waals surface area contributed by atoms with Crippen LogP contribution in [-0.4, -0.2) is 32.1 Å². The Morgan fingerprint density at radius 3 is 2.67 bits per heavy atom. The number of nitrogens with zero attached hydrogens (tertiary/aromatic N) is 4. The first-order valence-corrected chi connectivity index (χ1v) is 11.6. The first kappa shape index (κ1) is 24.7. The van der Waals surface area contributed by atoms with E-state index in [1.165, 1.54) is 10.9 Å². The highest BCUT2D eigenvalue weighted by molar-refractivity contribution is 6.06. The van der Waals surface area contributed by atoms with Gasteiger partial charge in [0.2, 0.25) is 5.88 Å². The van der Waals surface area contributed by atoms with Gasteiger partial charge in [0.1, 0.15) is 17.9 Å². The van der Waals surface area contributed by atoms with Crippen LogP contribution in [0.15, 0.2) is 78.2 Å². The summed E-state index contributed by atoms with van der Waals surface area (Å²) in [6.45, 7) is 4.62. The van der Waals surface area contributed by atoms with Crippen molar-refractivity contribution >= 4 is 28.5 Å². The average molecular weight is 485 g/mol. The Labute approximate surface area is 209 Å². The van der Waals surface area contributed by atoms with E-state index in [1.807, 2.05) is 50.2 Å². The predicted molar refractivity (Wildman–Crippen MR) is 139 cm³/mol. The molecular formula is C27H28N6O3. The molecule has 0 aliphatic heterocycles. The van der Waals surface area contributed by atoms with Gasteiger partial charge in [-0.15, -0.1) is 0 Å². The number of hydrogen-bond acceptors (Lipinski definition) is 6. The van der Waals surface area contributed by atoms with Crippen LogP contribution in [0, 0.1) is 11.3 Å². The summed E-state index contributed by atoms with van der Waals surface area (Å²) in [6, 6.07) is 18.3. The van der Waals surface area contributed by atoms with Crippen LogP contribution >= 0.6 is 0 Å². The number of ether oxygens (including phenoxy) is 2. The number of nitrogens with two attached hydrogens (primary N) is 1. The van der Waals surface area contributed by atoms with E-state index in [0.717, 1.165) is 10.9 Å². The van der Waals surface area contributed by atoms with Crippen LogP contribution < -0.4 is 10.5 Å². The lowest BCUT2D eigenvalue weighted by Gasteiger charge is -2.08. The number of fused-ring (bicyclic) bond motifs is 1. The molecule has 2 heterocycles. The van der Waals surface area contributed by atoms with Crippen LogP contribution in [0.2, 0.25) is 0 Å². The molecule has 3 N–H and O–H groups in total. The molecule has 184 valence electrons. The summed E-state index contributed by atoms with van der Waals surface area (Å²) in [5.41, 5.74) is 8.77. The Hall–Kier alpha value is -4.37. The molecule has 2 aromatic carbocycles. The molecule has 36 heavy (non-hydrogen) atoms. The fourth-order valence-electron chi connectivity index (χ4n) is 3.45. The molecule has 0 atom stereocenters. The second kappa shape index (κ2) is 11.4. The summed E-state index contributed by atoms with van der Waals surface area (Å²) in [4.78, 5) is 25.0. The Balaban J connectivity index is 1.41. The Morgan fingerprint density at radius 1 is 1.08 bits per heavy atom. The van der Waals surface area contributed by atoms with E-state index in [1.54, 1.807) is 30.5 Å². The molecule has 0 aliphatic rings. The van der Waals surface area contributed by atoms with E-state index in [9.17, 15) is 4.79 Å². The fraction of sp³-hybridized carbons (Fsp3) is 0.222. The van der Waals surface area contributed by atoms with Crippen molar-refractivity contribution in [1.82, 2.24) is 14.5 Å². The first-order chi connectivity index (χ1) is 17.4. The number of hydrogen-bond donors (Lipinski definition) is 2. The van der Waals surface area contributed by atoms with E-state index < -0.39 is 6.03 Å². The number of benzene rings is 2. The van der Waals surface area contributed by atoms with Crippen molar-refractivity contribution in [2.45, 2.75) is 33.5 Å². The zero-order chi connectivity index (χ0) is 25.5. The number of nitrogens with one attached hydrogen (secondary N) is 1. The average Bonchev–Trinajstić information content (AvgIpc) is 3.28. The highest BCUT2D eigenvalue weighted by Crippen LogP contribution is 2.26. The van der Waals surface area contributed by atoms with Gasteiger partial charge in [0.05, 0.1) is 24.4 Å². The molecule has 0 aliphatic carbocycles. The summed E-state index contributed by atoms with van der Waals surface area (Å²) in [7, 11) is 0. The van der Waals surface area contributed by atoms with Gasteiger partial charge < -0.3 is 20.6 Å². The Kier molecular flexibility index (Phi) is 7.82. The van der Waals surface area contributed by atoms with Gasteiger partial charge in [-0.05, 0) is 35.7 Å². The Morgan fingerprint density at radius 2 is 1.89 bits per heavy atom. The number of carbonyl (C=O) groups is 1. The van der Waals surface area contributed by atoms with Crippen LogP contribution in [0.5, 0.6) is 11.6 Å². The molecular weight excluding hydrogens is 456 g/mol. The van der Waals surface area contributed by atoms with Gasteiger partial charge >= 0.3 is 6.03 Å². The number of amidine groups is 1. The summed E-state index contributed by atoms with van der Waals surface area (Å²) in [6.07, 6.45) is 3.23. The lowest BCUT2D eigenvalue weighted by atomic mass is 10.1. The van der Waals surface area contributed by atoms with Crippen molar-refractivity contribution in [1.29, 1.82) is 5.41 Å². The quantitative estimate of drug-likeness (QED) is 0.244. The normalized spacial score (nSPS) is 11.7. The third-order valence-corrected chi connectivity index (χ3v) is 5.46. The highest BCUT2D eigenvalue weighted by atomic mass is 16.5. The summed E-state index contributed by atoms with van der Waals surface area (Å²) in [5.74, 6) is 1.12.